The van der Waals surface area contributed by atoms with Gasteiger partial charge >= 0.3 is 0 Å². The summed E-state index contributed by atoms with van der Waals surface area (Å²) < 4.78 is 0. The van der Waals surface area contributed by atoms with Gasteiger partial charge in [0.15, 0.2) is 0 Å². The number of halogens is 1. The third kappa shape index (κ3) is 0.475. The zero-order chi connectivity index (χ0) is 6.01. The molecule has 0 aliphatic heterocycles. The molecule has 9 heavy (non-hydrogen) atoms. The van der Waals surface area contributed by atoms with Crippen molar-refractivity contribution in [2.24, 2.45) is 23.7 Å². The van der Waals surface area contributed by atoms with E-state index < -0.39 is 0 Å². The first-order valence-corrected chi connectivity index (χ1v) is 4.44. The van der Waals surface area contributed by atoms with Crippen molar-refractivity contribution in [3.8, 4) is 0 Å². The number of hydrogen-bond acceptors (Lipinski definition) is 0. The molecule has 0 aromatic heterocycles. The molecule has 1 heteroatoms. The first-order valence-electron chi connectivity index (χ1n) is 4.00. The Bertz CT molecular complexity index is 151. The van der Waals surface area contributed by atoms with E-state index in [1.807, 2.05) is 0 Å². The molecule has 0 aromatic rings. The predicted molar refractivity (Wildman–Crippen MR) is 37.5 cm³/mol. The van der Waals surface area contributed by atoms with Gasteiger partial charge in [-0.05, 0) is 42.9 Å². The van der Waals surface area contributed by atoms with Crippen molar-refractivity contribution in [1.29, 1.82) is 0 Å². The van der Waals surface area contributed by atoms with Crippen LogP contribution in [0.3, 0.4) is 0 Å². The van der Waals surface area contributed by atoms with Crippen LogP contribution in [-0.2, 0) is 0 Å². The van der Waals surface area contributed by atoms with Crippen LogP contribution in [0.15, 0.2) is 0 Å². The molecule has 0 amide bonds. The molecule has 0 saturated heterocycles. The van der Waals surface area contributed by atoms with Crippen molar-refractivity contribution in [1.82, 2.24) is 0 Å². The summed E-state index contributed by atoms with van der Waals surface area (Å²) >= 11 is 6.13. The highest BCUT2D eigenvalue weighted by Crippen LogP contribution is 2.66. The van der Waals surface area contributed by atoms with Crippen molar-refractivity contribution < 1.29 is 0 Å². The average Bonchev–Trinajstić information content (AvgIpc) is 2.46. The fourth-order valence-corrected chi connectivity index (χ4v) is 3.64. The molecule has 0 spiro atoms. The van der Waals surface area contributed by atoms with Gasteiger partial charge in [0.05, 0.1) is 0 Å². The Kier molecular flexibility index (Phi) is 0.733. The van der Waals surface area contributed by atoms with E-state index in [1.54, 1.807) is 0 Å². The standard InChI is InChI=1S/C8H11Cl/c9-8-2-4-1-7(8)6-3-5(4)6/h4-8H,1-3H2/t4-,5-,6-,7-,8-/m1/s1. The molecule has 0 radical (unpaired) electrons. The Hall–Kier alpha value is 0.290. The minimum absolute atomic E-state index is 0.568. The maximum Gasteiger partial charge on any atom is 0.0369 e. The van der Waals surface area contributed by atoms with Gasteiger partial charge in [0.25, 0.3) is 0 Å². The van der Waals surface area contributed by atoms with E-state index in [2.05, 4.69) is 0 Å². The van der Waals surface area contributed by atoms with Crippen LogP contribution in [0, 0.1) is 23.7 Å². The molecular formula is C8H11Cl. The van der Waals surface area contributed by atoms with E-state index in [9.17, 15) is 0 Å². The maximum absolute atomic E-state index is 6.13. The van der Waals surface area contributed by atoms with Crippen LogP contribution in [-0.4, -0.2) is 5.38 Å². The molecule has 3 saturated carbocycles. The summed E-state index contributed by atoms with van der Waals surface area (Å²) in [6, 6.07) is 0. The van der Waals surface area contributed by atoms with E-state index >= 15 is 0 Å². The number of fused-ring (bicyclic) bond motifs is 5. The Morgan fingerprint density at radius 1 is 0.889 bits per heavy atom. The summed E-state index contributed by atoms with van der Waals surface area (Å²) in [5.74, 6) is 4.24. The van der Waals surface area contributed by atoms with Gasteiger partial charge in [0, 0.05) is 5.38 Å². The van der Waals surface area contributed by atoms with Crippen LogP contribution in [0.5, 0.6) is 0 Å². The second-order valence-electron chi connectivity index (χ2n) is 3.97. The Balaban J connectivity index is 1.96. The van der Waals surface area contributed by atoms with Crippen molar-refractivity contribution in [2.45, 2.75) is 24.6 Å². The molecule has 3 rings (SSSR count). The van der Waals surface area contributed by atoms with Gasteiger partial charge < -0.3 is 0 Å². The molecule has 3 fully saturated rings. The lowest BCUT2D eigenvalue weighted by molar-refractivity contribution is 0.463. The van der Waals surface area contributed by atoms with Gasteiger partial charge in [-0.25, -0.2) is 0 Å². The SMILES string of the molecule is Cl[C@@H]1C[C@H]2C[C@@H]1[C@@H]1C[C@H]21. The van der Waals surface area contributed by atoms with E-state index in [-0.39, 0.29) is 0 Å². The number of rotatable bonds is 0. The summed E-state index contributed by atoms with van der Waals surface area (Å²) in [5, 5.41) is 0.568. The van der Waals surface area contributed by atoms with Crippen LogP contribution in [0.4, 0.5) is 0 Å². The quantitative estimate of drug-likeness (QED) is 0.456. The summed E-state index contributed by atoms with van der Waals surface area (Å²) in [6.07, 6.45) is 4.34. The van der Waals surface area contributed by atoms with Crippen LogP contribution in [0.1, 0.15) is 19.3 Å². The minimum Gasteiger partial charge on any atom is -0.123 e. The van der Waals surface area contributed by atoms with Crippen molar-refractivity contribution in [3.63, 3.8) is 0 Å². The summed E-state index contributed by atoms with van der Waals surface area (Å²) in [5.41, 5.74) is 0. The number of alkyl halides is 1. The molecule has 0 unspecified atom stereocenters. The number of hydrogen-bond donors (Lipinski definition) is 0. The molecule has 3 aliphatic rings. The topological polar surface area (TPSA) is 0 Å². The lowest BCUT2D eigenvalue weighted by Gasteiger charge is -2.12. The van der Waals surface area contributed by atoms with Gasteiger partial charge in [-0.2, -0.15) is 0 Å². The van der Waals surface area contributed by atoms with E-state index in [1.165, 1.54) is 19.3 Å². The lowest BCUT2D eigenvalue weighted by Crippen LogP contribution is -2.11. The fourth-order valence-electron chi connectivity index (χ4n) is 3.12. The second kappa shape index (κ2) is 1.32. The molecule has 3 aliphatic carbocycles. The molecule has 0 nitrogen and oxygen atoms in total. The first-order chi connectivity index (χ1) is 4.36. The minimum atomic E-state index is 0.568. The fraction of sp³-hybridized carbons (Fsp3) is 1.00. The molecule has 2 bridgehead atoms. The largest absolute Gasteiger partial charge is 0.123 e. The zero-order valence-corrected chi connectivity index (χ0v) is 6.14. The highest BCUT2D eigenvalue weighted by atomic mass is 35.5. The van der Waals surface area contributed by atoms with Gasteiger partial charge in [0.2, 0.25) is 0 Å². The third-order valence-corrected chi connectivity index (χ3v) is 4.12. The van der Waals surface area contributed by atoms with Crippen molar-refractivity contribution >= 4 is 11.6 Å². The molecule has 0 aromatic carbocycles. The molecule has 0 heterocycles. The highest BCUT2D eigenvalue weighted by molar-refractivity contribution is 6.21. The summed E-state index contributed by atoms with van der Waals surface area (Å²) in [7, 11) is 0. The monoisotopic (exact) mass is 142 g/mol. The van der Waals surface area contributed by atoms with E-state index in [0.29, 0.717) is 5.38 Å². The lowest BCUT2D eigenvalue weighted by atomic mass is 10.0. The second-order valence-corrected chi connectivity index (χ2v) is 4.54. The van der Waals surface area contributed by atoms with Gasteiger partial charge in [-0.1, -0.05) is 0 Å². The average molecular weight is 143 g/mol. The molecule has 5 atom stereocenters. The highest BCUT2D eigenvalue weighted by Gasteiger charge is 2.60. The maximum atomic E-state index is 6.13. The third-order valence-electron chi connectivity index (χ3n) is 3.61. The Labute approximate surface area is 60.6 Å². The molecule has 50 valence electrons. The van der Waals surface area contributed by atoms with Crippen LogP contribution in [0.25, 0.3) is 0 Å². The summed E-state index contributed by atoms with van der Waals surface area (Å²) in [6.45, 7) is 0. The Morgan fingerprint density at radius 3 is 2.33 bits per heavy atom. The van der Waals surface area contributed by atoms with Crippen LogP contribution in [0.2, 0.25) is 0 Å². The van der Waals surface area contributed by atoms with Crippen molar-refractivity contribution in [3.05, 3.63) is 0 Å². The van der Waals surface area contributed by atoms with Crippen molar-refractivity contribution in [2.75, 3.05) is 0 Å². The van der Waals surface area contributed by atoms with Gasteiger partial charge in [-0.3, -0.25) is 0 Å². The van der Waals surface area contributed by atoms with E-state index in [4.69, 9.17) is 11.6 Å². The molecule has 0 N–H and O–H groups in total. The summed E-state index contributed by atoms with van der Waals surface area (Å²) in [4.78, 5) is 0. The molecular weight excluding hydrogens is 132 g/mol. The van der Waals surface area contributed by atoms with Gasteiger partial charge in [-0.15, -0.1) is 11.6 Å². The van der Waals surface area contributed by atoms with Crippen LogP contribution >= 0.6 is 11.6 Å². The first kappa shape index (κ1) is 5.01. The smallest absolute Gasteiger partial charge is 0.0369 e. The Morgan fingerprint density at radius 2 is 1.78 bits per heavy atom. The van der Waals surface area contributed by atoms with Crippen LogP contribution < -0.4 is 0 Å². The normalized spacial score (nSPS) is 68.3. The predicted octanol–water partition coefficient (Wildman–Crippen LogP) is 2.27. The zero-order valence-electron chi connectivity index (χ0n) is 5.39. The van der Waals surface area contributed by atoms with Gasteiger partial charge in [0.1, 0.15) is 0 Å². The van der Waals surface area contributed by atoms with E-state index in [0.717, 1.165) is 23.7 Å².